The number of hydrogen-bond donors (Lipinski definition) is 2. The third-order valence-corrected chi connectivity index (χ3v) is 2.90. The van der Waals surface area contributed by atoms with Crippen molar-refractivity contribution in [3.05, 3.63) is 34.9 Å². The van der Waals surface area contributed by atoms with Gasteiger partial charge in [-0.3, -0.25) is 4.79 Å². The van der Waals surface area contributed by atoms with Gasteiger partial charge in [0.1, 0.15) is 0 Å². The molecule has 0 unspecified atom stereocenters. The van der Waals surface area contributed by atoms with Crippen LogP contribution in [0.3, 0.4) is 0 Å². The highest BCUT2D eigenvalue weighted by atomic mass is 16.1. The molecule has 0 aliphatic carbocycles. The topological polar surface area (TPSA) is 55.1 Å². The third kappa shape index (κ3) is 5.32. The summed E-state index contributed by atoms with van der Waals surface area (Å²) < 4.78 is 0. The molecule has 1 rings (SSSR count). The fourth-order valence-electron chi connectivity index (χ4n) is 2.03. The van der Waals surface area contributed by atoms with E-state index in [1.54, 1.807) is 0 Å². The minimum atomic E-state index is 0.0284. The molecule has 1 aromatic carbocycles. The van der Waals surface area contributed by atoms with Crippen molar-refractivity contribution in [2.24, 2.45) is 5.73 Å². The van der Waals surface area contributed by atoms with E-state index in [9.17, 15) is 4.79 Å². The van der Waals surface area contributed by atoms with Crippen molar-refractivity contribution in [2.45, 2.75) is 39.5 Å². The lowest BCUT2D eigenvalue weighted by Crippen LogP contribution is -2.24. The summed E-state index contributed by atoms with van der Waals surface area (Å²) >= 11 is 0. The van der Waals surface area contributed by atoms with Crippen LogP contribution in [-0.4, -0.2) is 19.0 Å². The van der Waals surface area contributed by atoms with E-state index < -0.39 is 0 Å². The van der Waals surface area contributed by atoms with Crippen LogP contribution in [0.5, 0.6) is 0 Å². The largest absolute Gasteiger partial charge is 0.352 e. The number of carbonyl (C=O) groups is 1. The number of carbonyl (C=O) groups excluding carboxylic acids is 1. The average molecular weight is 248 g/mol. The molecular formula is C15H24N2O. The number of aryl methyl sites for hydroxylation is 2. The van der Waals surface area contributed by atoms with Crippen molar-refractivity contribution in [2.75, 3.05) is 13.1 Å². The number of benzene rings is 1. The van der Waals surface area contributed by atoms with Gasteiger partial charge in [0.15, 0.2) is 0 Å². The summed E-state index contributed by atoms with van der Waals surface area (Å²) in [5, 5.41) is 2.96. The highest BCUT2D eigenvalue weighted by Gasteiger charge is 2.05. The van der Waals surface area contributed by atoms with Crippen LogP contribution in [0.4, 0.5) is 0 Å². The summed E-state index contributed by atoms with van der Waals surface area (Å²) in [7, 11) is 0. The first-order chi connectivity index (χ1) is 8.63. The Morgan fingerprint density at radius 3 is 2.28 bits per heavy atom. The second-order valence-electron chi connectivity index (χ2n) is 4.84. The normalized spacial score (nSPS) is 10.4. The van der Waals surface area contributed by atoms with Gasteiger partial charge in [-0.05, 0) is 45.4 Å². The predicted octanol–water partition coefficient (Wildman–Crippen LogP) is 2.55. The van der Waals surface area contributed by atoms with Gasteiger partial charge in [0.05, 0.1) is 0 Å². The fraction of sp³-hybridized carbons (Fsp3) is 0.533. The predicted molar refractivity (Wildman–Crippen MR) is 75.8 cm³/mol. The van der Waals surface area contributed by atoms with E-state index in [1.165, 1.54) is 0 Å². The fourth-order valence-corrected chi connectivity index (χ4v) is 2.03. The molecule has 0 aliphatic rings. The van der Waals surface area contributed by atoms with Crippen LogP contribution < -0.4 is 11.1 Å². The Morgan fingerprint density at radius 2 is 1.67 bits per heavy atom. The maximum absolute atomic E-state index is 11.9. The maximum atomic E-state index is 11.9. The maximum Gasteiger partial charge on any atom is 0.251 e. The first-order valence-electron chi connectivity index (χ1n) is 6.70. The molecule has 0 spiro atoms. The Balaban J connectivity index is 2.32. The van der Waals surface area contributed by atoms with Crippen molar-refractivity contribution in [3.8, 4) is 0 Å². The summed E-state index contributed by atoms with van der Waals surface area (Å²) in [6.45, 7) is 5.53. The quantitative estimate of drug-likeness (QED) is 0.729. The molecule has 0 aliphatic heterocycles. The van der Waals surface area contributed by atoms with Gasteiger partial charge in [-0.25, -0.2) is 0 Å². The minimum absolute atomic E-state index is 0.0284. The molecule has 3 heteroatoms. The second kappa shape index (κ2) is 7.88. The molecule has 100 valence electrons. The van der Waals surface area contributed by atoms with Crippen molar-refractivity contribution in [3.63, 3.8) is 0 Å². The zero-order chi connectivity index (χ0) is 13.4. The Kier molecular flexibility index (Phi) is 6.44. The molecule has 0 heterocycles. The number of rotatable bonds is 7. The molecule has 0 bridgehead atoms. The molecule has 0 fully saturated rings. The van der Waals surface area contributed by atoms with Gasteiger partial charge in [0, 0.05) is 12.1 Å². The lowest BCUT2D eigenvalue weighted by molar-refractivity contribution is 0.0952. The van der Waals surface area contributed by atoms with Crippen molar-refractivity contribution >= 4 is 5.91 Å². The van der Waals surface area contributed by atoms with Gasteiger partial charge in [-0.2, -0.15) is 0 Å². The standard InChI is InChI=1S/C15H24N2O/c1-12-9-13(2)11-14(10-12)15(18)17-8-6-4-3-5-7-16/h9-11H,3-8,16H2,1-2H3,(H,17,18). The lowest BCUT2D eigenvalue weighted by Gasteiger charge is -2.07. The Morgan fingerprint density at radius 1 is 1.06 bits per heavy atom. The van der Waals surface area contributed by atoms with Crippen LogP contribution in [0, 0.1) is 13.8 Å². The highest BCUT2D eigenvalue weighted by molar-refractivity contribution is 5.94. The van der Waals surface area contributed by atoms with E-state index in [4.69, 9.17) is 5.73 Å². The monoisotopic (exact) mass is 248 g/mol. The molecule has 0 atom stereocenters. The van der Waals surface area contributed by atoms with Crippen LogP contribution in [0.15, 0.2) is 18.2 Å². The smallest absolute Gasteiger partial charge is 0.251 e. The van der Waals surface area contributed by atoms with Crippen molar-refractivity contribution in [1.82, 2.24) is 5.32 Å². The Labute approximate surface area is 110 Å². The number of nitrogens with one attached hydrogen (secondary N) is 1. The van der Waals surface area contributed by atoms with E-state index in [1.807, 2.05) is 26.0 Å². The van der Waals surface area contributed by atoms with E-state index in [0.29, 0.717) is 0 Å². The number of nitrogens with two attached hydrogens (primary N) is 1. The summed E-state index contributed by atoms with van der Waals surface area (Å²) in [5.41, 5.74) is 8.44. The van der Waals surface area contributed by atoms with Gasteiger partial charge >= 0.3 is 0 Å². The number of hydrogen-bond acceptors (Lipinski definition) is 2. The van der Waals surface area contributed by atoms with Gasteiger partial charge < -0.3 is 11.1 Å². The van der Waals surface area contributed by atoms with E-state index in [2.05, 4.69) is 11.4 Å². The van der Waals surface area contributed by atoms with Crippen LogP contribution in [0.2, 0.25) is 0 Å². The first-order valence-corrected chi connectivity index (χ1v) is 6.70. The average Bonchev–Trinajstić information content (AvgIpc) is 2.32. The highest BCUT2D eigenvalue weighted by Crippen LogP contribution is 2.08. The summed E-state index contributed by atoms with van der Waals surface area (Å²) in [6.07, 6.45) is 4.38. The SMILES string of the molecule is Cc1cc(C)cc(C(=O)NCCCCCCN)c1. The minimum Gasteiger partial charge on any atom is -0.352 e. The van der Waals surface area contributed by atoms with Crippen molar-refractivity contribution < 1.29 is 4.79 Å². The summed E-state index contributed by atoms with van der Waals surface area (Å²) in [4.78, 5) is 11.9. The Hall–Kier alpha value is -1.35. The lowest BCUT2D eigenvalue weighted by atomic mass is 10.1. The molecule has 0 radical (unpaired) electrons. The van der Waals surface area contributed by atoms with Crippen LogP contribution >= 0.6 is 0 Å². The molecular weight excluding hydrogens is 224 g/mol. The molecule has 0 aromatic heterocycles. The third-order valence-electron chi connectivity index (χ3n) is 2.90. The van der Waals surface area contributed by atoms with Crippen molar-refractivity contribution in [1.29, 1.82) is 0 Å². The van der Waals surface area contributed by atoms with E-state index in [0.717, 1.165) is 55.5 Å². The zero-order valence-electron chi connectivity index (χ0n) is 11.5. The van der Waals surface area contributed by atoms with Gasteiger partial charge in [-0.15, -0.1) is 0 Å². The molecule has 18 heavy (non-hydrogen) atoms. The van der Waals surface area contributed by atoms with Gasteiger partial charge in [0.25, 0.3) is 5.91 Å². The Bertz CT molecular complexity index is 368. The van der Waals surface area contributed by atoms with Crippen LogP contribution in [0.1, 0.15) is 47.2 Å². The second-order valence-corrected chi connectivity index (χ2v) is 4.84. The molecule has 3 N–H and O–H groups in total. The number of amides is 1. The molecule has 0 saturated heterocycles. The molecule has 3 nitrogen and oxygen atoms in total. The zero-order valence-corrected chi connectivity index (χ0v) is 11.5. The van der Waals surface area contributed by atoms with Gasteiger partial charge in [0.2, 0.25) is 0 Å². The van der Waals surface area contributed by atoms with E-state index >= 15 is 0 Å². The number of unbranched alkanes of at least 4 members (excludes halogenated alkanes) is 3. The molecule has 1 amide bonds. The van der Waals surface area contributed by atoms with Gasteiger partial charge in [-0.1, -0.05) is 30.0 Å². The summed E-state index contributed by atoms with van der Waals surface area (Å²) in [6, 6.07) is 5.93. The summed E-state index contributed by atoms with van der Waals surface area (Å²) in [5.74, 6) is 0.0284. The molecule has 1 aromatic rings. The molecule has 0 saturated carbocycles. The van der Waals surface area contributed by atoms with Crippen LogP contribution in [0.25, 0.3) is 0 Å². The first kappa shape index (κ1) is 14.7. The van der Waals surface area contributed by atoms with Crippen LogP contribution in [-0.2, 0) is 0 Å². The van der Waals surface area contributed by atoms with E-state index in [-0.39, 0.29) is 5.91 Å².